The third-order valence-corrected chi connectivity index (χ3v) is 11.2. The summed E-state index contributed by atoms with van der Waals surface area (Å²) >= 11 is 13.1. The molecule has 1 aliphatic rings. The first-order chi connectivity index (χ1) is 23.7. The van der Waals surface area contributed by atoms with E-state index in [0.29, 0.717) is 15.9 Å². The molecule has 50 heavy (non-hydrogen) atoms. The van der Waals surface area contributed by atoms with E-state index in [0.717, 1.165) is 48.9 Å². The van der Waals surface area contributed by atoms with Crippen LogP contribution in [0.3, 0.4) is 0 Å². The van der Waals surface area contributed by atoms with Crippen LogP contribution in [0.4, 0.5) is 18.9 Å². The number of benzene rings is 4. The monoisotopic (exact) mass is 745 g/mol. The Kier molecular flexibility index (Phi) is 11.8. The number of hydrogen-bond donors (Lipinski definition) is 1. The number of carbonyl (C=O) groups is 2. The molecule has 2 amide bonds. The van der Waals surface area contributed by atoms with Gasteiger partial charge in [0, 0.05) is 34.6 Å². The molecule has 0 spiro atoms. The van der Waals surface area contributed by atoms with E-state index in [1.54, 1.807) is 61.5 Å². The van der Waals surface area contributed by atoms with E-state index in [4.69, 9.17) is 23.2 Å². The number of hydrogen-bond acceptors (Lipinski definition) is 4. The smallest absolute Gasteiger partial charge is 0.352 e. The van der Waals surface area contributed by atoms with Crippen molar-refractivity contribution in [2.75, 3.05) is 10.8 Å². The van der Waals surface area contributed by atoms with Gasteiger partial charge in [0.25, 0.3) is 10.0 Å². The molecule has 1 atom stereocenters. The van der Waals surface area contributed by atoms with Gasteiger partial charge in [0.1, 0.15) is 12.6 Å². The molecule has 0 saturated heterocycles. The summed E-state index contributed by atoms with van der Waals surface area (Å²) < 4.78 is 70.6. The first-order valence-electron chi connectivity index (χ1n) is 16.1. The number of sulfonamides is 1. The molecule has 4 aromatic rings. The summed E-state index contributed by atoms with van der Waals surface area (Å²) in [5.41, 5.74) is 0.334. The minimum Gasteiger partial charge on any atom is -0.352 e. The molecule has 0 radical (unpaired) electrons. The fraction of sp³-hybridized carbons (Fsp3) is 0.297. The number of halogens is 5. The second-order valence-electron chi connectivity index (χ2n) is 12.3. The zero-order valence-electron chi connectivity index (χ0n) is 27.2. The maximum Gasteiger partial charge on any atom is 0.416 e. The maximum atomic E-state index is 14.7. The van der Waals surface area contributed by atoms with Crippen molar-refractivity contribution in [3.8, 4) is 0 Å². The van der Waals surface area contributed by atoms with Crippen molar-refractivity contribution >= 4 is 50.7 Å². The molecule has 1 fully saturated rings. The van der Waals surface area contributed by atoms with Crippen molar-refractivity contribution in [1.82, 2.24) is 10.2 Å². The maximum absolute atomic E-state index is 14.7. The second-order valence-corrected chi connectivity index (χ2v) is 15.0. The first kappa shape index (κ1) is 37.2. The molecule has 7 nitrogen and oxygen atoms in total. The molecule has 1 aliphatic carbocycles. The molecular formula is C37H36Cl2F3N3O4S. The third kappa shape index (κ3) is 8.99. The van der Waals surface area contributed by atoms with Gasteiger partial charge in [-0.3, -0.25) is 13.9 Å². The number of nitrogens with zero attached hydrogens (tertiary/aromatic N) is 2. The fourth-order valence-electron chi connectivity index (χ4n) is 5.98. The van der Waals surface area contributed by atoms with Gasteiger partial charge < -0.3 is 10.2 Å². The van der Waals surface area contributed by atoms with Crippen LogP contribution in [0, 0.1) is 6.92 Å². The average molecular weight is 747 g/mol. The highest BCUT2D eigenvalue weighted by atomic mass is 35.5. The van der Waals surface area contributed by atoms with Crippen molar-refractivity contribution in [1.29, 1.82) is 0 Å². The molecule has 264 valence electrons. The lowest BCUT2D eigenvalue weighted by Gasteiger charge is -2.34. The van der Waals surface area contributed by atoms with Crippen molar-refractivity contribution in [3.05, 3.63) is 129 Å². The largest absolute Gasteiger partial charge is 0.416 e. The minimum atomic E-state index is -4.79. The van der Waals surface area contributed by atoms with Gasteiger partial charge in [0.2, 0.25) is 11.8 Å². The molecule has 13 heteroatoms. The van der Waals surface area contributed by atoms with Crippen LogP contribution in [-0.4, -0.2) is 43.8 Å². The molecule has 5 rings (SSSR count). The highest BCUT2D eigenvalue weighted by Crippen LogP contribution is 2.34. The van der Waals surface area contributed by atoms with Crippen molar-refractivity contribution in [2.45, 2.75) is 68.7 Å². The summed E-state index contributed by atoms with van der Waals surface area (Å²) in [6.45, 7) is 0.543. The number of aryl methyl sites for hydroxylation is 1. The minimum absolute atomic E-state index is 0.0570. The highest BCUT2D eigenvalue weighted by molar-refractivity contribution is 7.92. The van der Waals surface area contributed by atoms with Crippen molar-refractivity contribution in [3.63, 3.8) is 0 Å². The Morgan fingerprint density at radius 1 is 0.880 bits per heavy atom. The van der Waals surface area contributed by atoms with Gasteiger partial charge in [-0.25, -0.2) is 8.42 Å². The van der Waals surface area contributed by atoms with E-state index in [1.807, 2.05) is 6.07 Å². The standard InChI is InChI=1S/C37H36Cl2F3N3O4S/c1-25-17-19-30(20-18-25)50(48,49)45(29-14-7-11-27(22-29)37(40,41)42)24-35(46)44(23-31-32(38)15-8-16-33(31)39)34(21-26-9-3-2-4-10-26)36(47)43-28-12-5-6-13-28/h2-4,7-11,14-20,22,28,34H,5-6,12-13,21,23-24H2,1H3,(H,43,47)/t34-/m1/s1. The fourth-order valence-corrected chi connectivity index (χ4v) is 7.90. The van der Waals surface area contributed by atoms with Crippen LogP contribution in [0.25, 0.3) is 0 Å². The van der Waals surface area contributed by atoms with Crippen LogP contribution in [0.2, 0.25) is 10.0 Å². The van der Waals surface area contributed by atoms with E-state index in [1.165, 1.54) is 23.1 Å². The Bertz CT molecular complexity index is 1900. The Balaban J connectivity index is 1.62. The predicted molar refractivity (Wildman–Crippen MR) is 188 cm³/mol. The highest BCUT2D eigenvalue weighted by Gasteiger charge is 2.37. The van der Waals surface area contributed by atoms with Gasteiger partial charge in [-0.1, -0.05) is 96.2 Å². The number of amides is 2. The summed E-state index contributed by atoms with van der Waals surface area (Å²) in [5.74, 6) is -1.30. The summed E-state index contributed by atoms with van der Waals surface area (Å²) in [6.07, 6.45) is -1.31. The molecule has 0 unspecified atom stereocenters. The third-order valence-electron chi connectivity index (χ3n) is 8.71. The number of carbonyl (C=O) groups excluding carboxylic acids is 2. The SMILES string of the molecule is Cc1ccc(S(=O)(=O)N(CC(=O)N(Cc2c(Cl)cccc2Cl)[C@H](Cc2ccccc2)C(=O)NC2CCCC2)c2cccc(C(F)(F)F)c2)cc1. The quantitative estimate of drug-likeness (QED) is 0.158. The molecule has 1 saturated carbocycles. The Labute approximate surface area is 300 Å². The number of nitrogens with one attached hydrogen (secondary N) is 1. The average Bonchev–Trinajstić information content (AvgIpc) is 3.59. The van der Waals surface area contributed by atoms with Crippen LogP contribution in [-0.2, 0) is 38.8 Å². The van der Waals surface area contributed by atoms with E-state index < -0.39 is 46.2 Å². The van der Waals surface area contributed by atoms with Crippen molar-refractivity contribution < 1.29 is 31.2 Å². The normalized spacial score (nSPS) is 14.3. The lowest BCUT2D eigenvalue weighted by molar-refractivity contribution is -0.140. The summed E-state index contributed by atoms with van der Waals surface area (Å²) in [5, 5.41) is 3.49. The van der Waals surface area contributed by atoms with Gasteiger partial charge in [0.05, 0.1) is 16.1 Å². The summed E-state index contributed by atoms with van der Waals surface area (Å²) in [7, 11) is -4.61. The molecule has 0 aromatic heterocycles. The van der Waals surface area contributed by atoms with Gasteiger partial charge in [0.15, 0.2) is 0 Å². The van der Waals surface area contributed by atoms with Gasteiger partial charge in [-0.05, 0) is 67.8 Å². The lowest BCUT2D eigenvalue weighted by atomic mass is 10.0. The Hall–Kier alpha value is -4.06. The van der Waals surface area contributed by atoms with E-state index in [-0.39, 0.29) is 39.6 Å². The summed E-state index contributed by atoms with van der Waals surface area (Å²) in [4.78, 5) is 29.8. The molecule has 0 bridgehead atoms. The topological polar surface area (TPSA) is 86.8 Å². The van der Waals surface area contributed by atoms with Crippen LogP contribution >= 0.6 is 23.2 Å². The van der Waals surface area contributed by atoms with Crippen LogP contribution in [0.5, 0.6) is 0 Å². The van der Waals surface area contributed by atoms with E-state index in [2.05, 4.69) is 5.32 Å². The van der Waals surface area contributed by atoms with Gasteiger partial charge in [-0.2, -0.15) is 13.2 Å². The molecule has 0 heterocycles. The number of anilines is 1. The molecule has 4 aromatic carbocycles. The molecule has 0 aliphatic heterocycles. The predicted octanol–water partition coefficient (Wildman–Crippen LogP) is 8.21. The Morgan fingerprint density at radius 2 is 1.50 bits per heavy atom. The Morgan fingerprint density at radius 3 is 2.12 bits per heavy atom. The number of rotatable bonds is 12. The van der Waals surface area contributed by atoms with Crippen LogP contribution in [0.1, 0.15) is 47.9 Å². The van der Waals surface area contributed by atoms with Crippen molar-refractivity contribution in [2.24, 2.45) is 0 Å². The summed E-state index contributed by atoms with van der Waals surface area (Å²) in [6, 6.07) is 22.0. The molecule has 1 N–H and O–H groups in total. The van der Waals surface area contributed by atoms with Gasteiger partial charge in [-0.15, -0.1) is 0 Å². The van der Waals surface area contributed by atoms with Crippen LogP contribution < -0.4 is 9.62 Å². The zero-order valence-corrected chi connectivity index (χ0v) is 29.5. The van der Waals surface area contributed by atoms with Gasteiger partial charge >= 0.3 is 6.18 Å². The second kappa shape index (κ2) is 15.9. The van der Waals surface area contributed by atoms with E-state index >= 15 is 0 Å². The van der Waals surface area contributed by atoms with E-state index in [9.17, 15) is 31.2 Å². The zero-order chi connectivity index (χ0) is 36.1. The van der Waals surface area contributed by atoms with Crippen LogP contribution in [0.15, 0.2) is 102 Å². The molecular weight excluding hydrogens is 710 g/mol. The lowest BCUT2D eigenvalue weighted by Crippen LogP contribution is -2.54. The first-order valence-corrected chi connectivity index (χ1v) is 18.3. The number of alkyl halides is 3.